The molecular formula is C14H25NO. The number of nitrogens with zero attached hydrogens (tertiary/aromatic N) is 1. The van der Waals surface area contributed by atoms with Gasteiger partial charge in [0, 0.05) is 24.6 Å². The fourth-order valence-electron chi connectivity index (χ4n) is 4.23. The van der Waals surface area contributed by atoms with Gasteiger partial charge in [-0.1, -0.05) is 32.9 Å². The Hall–Kier alpha value is -0.340. The summed E-state index contributed by atoms with van der Waals surface area (Å²) in [6, 6.07) is 0.613. The van der Waals surface area contributed by atoms with E-state index >= 15 is 0 Å². The van der Waals surface area contributed by atoms with E-state index in [-0.39, 0.29) is 0 Å². The second-order valence-electron chi connectivity index (χ2n) is 6.46. The topological polar surface area (TPSA) is 23.5 Å². The van der Waals surface area contributed by atoms with Gasteiger partial charge in [0.1, 0.15) is 0 Å². The minimum Gasteiger partial charge on any atom is -0.396 e. The van der Waals surface area contributed by atoms with Crippen molar-refractivity contribution in [2.45, 2.75) is 39.7 Å². The fraction of sp³-hybridized carbons (Fsp3) is 0.857. The third-order valence-corrected chi connectivity index (χ3v) is 4.76. The zero-order valence-corrected chi connectivity index (χ0v) is 11.0. The van der Waals surface area contributed by atoms with Crippen molar-refractivity contribution < 1.29 is 5.11 Å². The van der Waals surface area contributed by atoms with E-state index in [1.54, 1.807) is 0 Å². The molecule has 0 heterocycles. The number of aliphatic hydroxyl groups excluding tert-OH is 1. The maximum Gasteiger partial charge on any atom is 0.0443 e. The highest BCUT2D eigenvalue weighted by atomic mass is 16.3. The summed E-state index contributed by atoms with van der Waals surface area (Å²) in [7, 11) is 2.21. The Morgan fingerprint density at radius 3 is 2.56 bits per heavy atom. The fourth-order valence-corrected chi connectivity index (χ4v) is 4.23. The highest BCUT2D eigenvalue weighted by Gasteiger charge is 2.57. The largest absolute Gasteiger partial charge is 0.396 e. The van der Waals surface area contributed by atoms with Gasteiger partial charge in [0.15, 0.2) is 0 Å². The van der Waals surface area contributed by atoms with E-state index < -0.39 is 0 Å². The number of fused-ring (bicyclic) bond motifs is 2. The number of hydrogen-bond acceptors (Lipinski definition) is 2. The zero-order chi connectivity index (χ0) is 12.0. The molecule has 1 saturated carbocycles. The molecule has 2 bridgehead atoms. The van der Waals surface area contributed by atoms with Crippen LogP contribution in [0.4, 0.5) is 0 Å². The number of aliphatic hydroxyl groups is 1. The van der Waals surface area contributed by atoms with E-state index in [1.165, 1.54) is 6.42 Å². The van der Waals surface area contributed by atoms with Crippen LogP contribution >= 0.6 is 0 Å². The second kappa shape index (κ2) is 3.85. The summed E-state index contributed by atoms with van der Waals surface area (Å²) in [4.78, 5) is 2.46. The molecule has 2 aliphatic rings. The average Bonchev–Trinajstić information content (AvgIpc) is 2.65. The van der Waals surface area contributed by atoms with Crippen molar-refractivity contribution in [3.05, 3.63) is 12.2 Å². The Balaban J connectivity index is 2.16. The standard InChI is InChI=1S/C14H25NO/c1-13(2)11-6-7-14(3,10-11)12(13)15(4)8-5-9-16/h6-7,11-12,16H,5,8-10H2,1-4H3. The van der Waals surface area contributed by atoms with Crippen LogP contribution in [-0.2, 0) is 0 Å². The van der Waals surface area contributed by atoms with Gasteiger partial charge in [0.2, 0.25) is 0 Å². The van der Waals surface area contributed by atoms with E-state index in [0.717, 1.165) is 18.9 Å². The zero-order valence-electron chi connectivity index (χ0n) is 11.0. The molecule has 2 heteroatoms. The van der Waals surface area contributed by atoms with E-state index in [4.69, 9.17) is 5.11 Å². The maximum absolute atomic E-state index is 8.94. The van der Waals surface area contributed by atoms with Crippen molar-refractivity contribution >= 4 is 0 Å². The molecule has 0 spiro atoms. The summed E-state index contributed by atoms with van der Waals surface area (Å²) in [5.41, 5.74) is 0.714. The molecule has 0 saturated heterocycles. The Morgan fingerprint density at radius 1 is 1.38 bits per heavy atom. The highest BCUT2D eigenvalue weighted by Crippen LogP contribution is 2.60. The summed E-state index contributed by atoms with van der Waals surface area (Å²) < 4.78 is 0. The Kier molecular flexibility index (Phi) is 2.92. The molecule has 0 radical (unpaired) electrons. The van der Waals surface area contributed by atoms with E-state index in [2.05, 4.69) is 44.9 Å². The molecule has 1 N–H and O–H groups in total. The molecule has 3 atom stereocenters. The molecule has 1 fully saturated rings. The first-order valence-electron chi connectivity index (χ1n) is 6.42. The lowest BCUT2D eigenvalue weighted by atomic mass is 9.71. The molecule has 0 aromatic carbocycles. The number of hydrogen-bond donors (Lipinski definition) is 1. The molecule has 0 amide bonds. The molecular weight excluding hydrogens is 198 g/mol. The van der Waals surface area contributed by atoms with Crippen LogP contribution in [0.2, 0.25) is 0 Å². The summed E-state index contributed by atoms with van der Waals surface area (Å²) in [5, 5.41) is 8.94. The van der Waals surface area contributed by atoms with Crippen molar-refractivity contribution in [1.82, 2.24) is 4.90 Å². The van der Waals surface area contributed by atoms with Gasteiger partial charge in [-0.3, -0.25) is 0 Å². The van der Waals surface area contributed by atoms with Crippen LogP contribution in [0, 0.1) is 16.7 Å². The third kappa shape index (κ3) is 1.63. The Bertz CT molecular complexity index is 297. The predicted octanol–water partition coefficient (Wildman–Crippen LogP) is 2.29. The van der Waals surface area contributed by atoms with Crippen LogP contribution in [0.5, 0.6) is 0 Å². The minimum atomic E-state index is 0.299. The second-order valence-corrected chi connectivity index (χ2v) is 6.46. The SMILES string of the molecule is CN(CCCO)C1C2(C)C=CC(C2)C1(C)C. The van der Waals surface area contributed by atoms with E-state index in [9.17, 15) is 0 Å². The molecule has 2 aliphatic carbocycles. The number of rotatable bonds is 4. The summed E-state index contributed by atoms with van der Waals surface area (Å²) in [6.45, 7) is 8.48. The summed E-state index contributed by atoms with van der Waals surface area (Å²) >= 11 is 0. The smallest absolute Gasteiger partial charge is 0.0443 e. The quantitative estimate of drug-likeness (QED) is 0.739. The maximum atomic E-state index is 8.94. The van der Waals surface area contributed by atoms with Crippen molar-refractivity contribution in [1.29, 1.82) is 0 Å². The van der Waals surface area contributed by atoms with Crippen LogP contribution in [0.3, 0.4) is 0 Å². The van der Waals surface area contributed by atoms with Crippen molar-refractivity contribution in [2.75, 3.05) is 20.2 Å². The lowest BCUT2D eigenvalue weighted by Gasteiger charge is -2.45. The lowest BCUT2D eigenvalue weighted by molar-refractivity contribution is 0.0642. The minimum absolute atomic E-state index is 0.299. The first kappa shape index (κ1) is 12.1. The van der Waals surface area contributed by atoms with Gasteiger partial charge >= 0.3 is 0 Å². The van der Waals surface area contributed by atoms with Gasteiger partial charge in [0.25, 0.3) is 0 Å². The molecule has 16 heavy (non-hydrogen) atoms. The Labute approximate surface area is 99.3 Å². The molecule has 0 aromatic heterocycles. The summed E-state index contributed by atoms with van der Waals surface area (Å²) in [5.74, 6) is 0.735. The van der Waals surface area contributed by atoms with Crippen LogP contribution < -0.4 is 0 Å². The highest BCUT2D eigenvalue weighted by molar-refractivity contribution is 5.25. The van der Waals surface area contributed by atoms with Crippen molar-refractivity contribution in [2.24, 2.45) is 16.7 Å². The lowest BCUT2D eigenvalue weighted by Crippen LogP contribution is -2.50. The van der Waals surface area contributed by atoms with Crippen LogP contribution in [0.15, 0.2) is 12.2 Å². The molecule has 3 unspecified atom stereocenters. The van der Waals surface area contributed by atoms with Gasteiger partial charge in [-0.15, -0.1) is 0 Å². The molecule has 2 nitrogen and oxygen atoms in total. The van der Waals surface area contributed by atoms with Crippen LogP contribution in [-0.4, -0.2) is 36.2 Å². The van der Waals surface area contributed by atoms with Gasteiger partial charge in [-0.2, -0.15) is 0 Å². The Morgan fingerprint density at radius 2 is 2.06 bits per heavy atom. The van der Waals surface area contributed by atoms with Crippen LogP contribution in [0.25, 0.3) is 0 Å². The normalized spacial score (nSPS) is 39.9. The van der Waals surface area contributed by atoms with E-state index in [0.29, 0.717) is 23.5 Å². The molecule has 92 valence electrons. The van der Waals surface area contributed by atoms with Gasteiger partial charge < -0.3 is 10.0 Å². The average molecular weight is 223 g/mol. The molecule has 0 aliphatic heterocycles. The van der Waals surface area contributed by atoms with Crippen molar-refractivity contribution in [3.63, 3.8) is 0 Å². The first-order valence-corrected chi connectivity index (χ1v) is 6.42. The van der Waals surface area contributed by atoms with Crippen LogP contribution in [0.1, 0.15) is 33.6 Å². The van der Waals surface area contributed by atoms with Gasteiger partial charge in [0.05, 0.1) is 0 Å². The molecule has 0 aromatic rings. The first-order chi connectivity index (χ1) is 7.42. The van der Waals surface area contributed by atoms with E-state index in [1.807, 2.05) is 0 Å². The summed E-state index contributed by atoms with van der Waals surface area (Å²) in [6.07, 6.45) is 7.01. The number of allylic oxidation sites excluding steroid dienone is 1. The van der Waals surface area contributed by atoms with Crippen molar-refractivity contribution in [3.8, 4) is 0 Å². The monoisotopic (exact) mass is 223 g/mol. The predicted molar refractivity (Wildman–Crippen MR) is 67.3 cm³/mol. The van der Waals surface area contributed by atoms with Gasteiger partial charge in [-0.05, 0) is 31.2 Å². The molecule has 2 rings (SSSR count). The third-order valence-electron chi connectivity index (χ3n) is 4.76. The van der Waals surface area contributed by atoms with Gasteiger partial charge in [-0.25, -0.2) is 0 Å².